The van der Waals surface area contributed by atoms with Crippen LogP contribution in [0.4, 0.5) is 13.2 Å². The fourth-order valence-electron chi connectivity index (χ4n) is 2.56. The number of hydrogen-bond acceptors (Lipinski definition) is 3. The lowest BCUT2D eigenvalue weighted by molar-refractivity contribution is -0.0510. The van der Waals surface area contributed by atoms with Gasteiger partial charge in [0, 0.05) is 19.6 Å². The Morgan fingerprint density at radius 3 is 1.57 bits per heavy atom. The van der Waals surface area contributed by atoms with Crippen molar-refractivity contribution in [3.63, 3.8) is 0 Å². The van der Waals surface area contributed by atoms with E-state index in [1.165, 1.54) is 24.5 Å². The summed E-state index contributed by atoms with van der Waals surface area (Å²) in [5, 5.41) is 0. The van der Waals surface area contributed by atoms with Crippen molar-refractivity contribution in [1.29, 1.82) is 0 Å². The molecule has 0 atom stereocenters. The molecule has 0 bridgehead atoms. The molecule has 3 nitrogen and oxygen atoms in total. The highest BCUT2D eigenvalue weighted by Crippen LogP contribution is 2.61. The molecule has 0 aromatic heterocycles. The van der Waals surface area contributed by atoms with Crippen molar-refractivity contribution in [1.82, 2.24) is 0 Å². The van der Waals surface area contributed by atoms with Crippen molar-refractivity contribution in [2.75, 3.05) is 0 Å². The molecule has 0 aliphatic carbocycles. The molecule has 0 radical (unpaired) electrons. The van der Waals surface area contributed by atoms with E-state index in [0.717, 1.165) is 0 Å². The molecular formula is C19H15F3O3S3. The van der Waals surface area contributed by atoms with E-state index in [1.54, 1.807) is 0 Å². The fraction of sp³-hybridized carbons (Fsp3) is 0.0526. The Morgan fingerprint density at radius 2 is 1.14 bits per heavy atom. The maximum Gasteiger partial charge on any atom is 0.522 e. The van der Waals surface area contributed by atoms with Gasteiger partial charge >= 0.3 is 15.6 Å². The average Bonchev–Trinajstić information content (AvgIpc) is 2.65. The summed E-state index contributed by atoms with van der Waals surface area (Å²) in [6, 6.07) is 28.6. The van der Waals surface area contributed by atoms with E-state index < -0.39 is 26.5 Å². The van der Waals surface area contributed by atoms with Gasteiger partial charge in [-0.1, -0.05) is 54.2 Å². The maximum atomic E-state index is 10.7. The molecule has 0 amide bonds. The SMILES string of the molecule is O=S(=O)(O)C(F)(F)F.c1ccc([SH]2c3ccccc3Sc3ccccc32)cc1. The summed E-state index contributed by atoms with van der Waals surface area (Å²) >= 11 is 1.90. The van der Waals surface area contributed by atoms with Gasteiger partial charge in [-0.15, -0.1) is 0 Å². The Morgan fingerprint density at radius 1 is 0.750 bits per heavy atom. The van der Waals surface area contributed by atoms with Crippen molar-refractivity contribution in [2.45, 2.75) is 30.0 Å². The number of fused-ring (bicyclic) bond motifs is 2. The Bertz CT molecular complexity index is 1020. The van der Waals surface area contributed by atoms with Gasteiger partial charge < -0.3 is 0 Å². The highest BCUT2D eigenvalue weighted by molar-refractivity contribution is 8.18. The molecule has 1 aliphatic rings. The van der Waals surface area contributed by atoms with Crippen LogP contribution in [0.1, 0.15) is 0 Å². The zero-order chi connectivity index (χ0) is 20.4. The molecule has 28 heavy (non-hydrogen) atoms. The molecule has 0 saturated carbocycles. The first-order valence-electron chi connectivity index (χ1n) is 7.93. The first-order chi connectivity index (χ1) is 13.2. The first kappa shape index (κ1) is 20.8. The molecule has 4 rings (SSSR count). The number of thiol groups is 1. The lowest BCUT2D eigenvalue weighted by atomic mass is 10.3. The van der Waals surface area contributed by atoms with E-state index >= 15 is 0 Å². The molecule has 9 heteroatoms. The predicted octanol–water partition coefficient (Wildman–Crippen LogP) is 6.02. The van der Waals surface area contributed by atoms with Gasteiger partial charge in [-0.2, -0.15) is 32.5 Å². The van der Waals surface area contributed by atoms with Gasteiger partial charge in [-0.3, -0.25) is 4.55 Å². The summed E-state index contributed by atoms with van der Waals surface area (Å²) in [5.41, 5.74) is -5.53. The van der Waals surface area contributed by atoms with Gasteiger partial charge in [-0.25, -0.2) is 0 Å². The van der Waals surface area contributed by atoms with Gasteiger partial charge in [0.2, 0.25) is 0 Å². The molecule has 0 unspecified atom stereocenters. The second-order valence-electron chi connectivity index (χ2n) is 5.63. The monoisotopic (exact) mass is 444 g/mol. The Labute approximate surface area is 167 Å². The van der Waals surface area contributed by atoms with Crippen molar-refractivity contribution < 1.29 is 26.1 Å². The maximum absolute atomic E-state index is 10.7. The van der Waals surface area contributed by atoms with E-state index in [1.807, 2.05) is 11.8 Å². The minimum Gasteiger partial charge on any atom is -0.279 e. The van der Waals surface area contributed by atoms with Crippen LogP contribution in [-0.4, -0.2) is 18.5 Å². The summed E-state index contributed by atoms with van der Waals surface area (Å²) in [6.07, 6.45) is 0. The summed E-state index contributed by atoms with van der Waals surface area (Å²) < 4.78 is 57.5. The van der Waals surface area contributed by atoms with Gasteiger partial charge in [0.05, 0.1) is 0 Å². The van der Waals surface area contributed by atoms with Gasteiger partial charge in [0.25, 0.3) is 0 Å². The lowest BCUT2D eigenvalue weighted by Crippen LogP contribution is -2.21. The number of hydrogen-bond donors (Lipinski definition) is 2. The predicted molar refractivity (Wildman–Crippen MR) is 105 cm³/mol. The normalized spacial score (nSPS) is 14.4. The van der Waals surface area contributed by atoms with Crippen molar-refractivity contribution in [3.8, 4) is 0 Å². The van der Waals surface area contributed by atoms with E-state index in [4.69, 9.17) is 13.0 Å². The van der Waals surface area contributed by atoms with E-state index in [0.29, 0.717) is 0 Å². The Balaban J connectivity index is 0.000000242. The summed E-state index contributed by atoms with van der Waals surface area (Å²) in [6.45, 7) is 0. The second kappa shape index (κ2) is 8.20. The molecule has 0 spiro atoms. The van der Waals surface area contributed by atoms with Crippen LogP contribution < -0.4 is 0 Å². The molecule has 3 aromatic rings. The van der Waals surface area contributed by atoms with Crippen LogP contribution in [-0.2, 0) is 10.1 Å². The van der Waals surface area contributed by atoms with Gasteiger partial charge in [0.1, 0.15) is 0 Å². The molecular weight excluding hydrogens is 429 g/mol. The average molecular weight is 445 g/mol. The van der Waals surface area contributed by atoms with E-state index in [-0.39, 0.29) is 0 Å². The third kappa shape index (κ3) is 4.54. The van der Waals surface area contributed by atoms with Crippen LogP contribution in [0.3, 0.4) is 0 Å². The molecule has 1 aliphatic heterocycles. The minimum absolute atomic E-state index is 0.419. The van der Waals surface area contributed by atoms with Crippen molar-refractivity contribution in [3.05, 3.63) is 78.9 Å². The van der Waals surface area contributed by atoms with Crippen LogP contribution in [0.15, 0.2) is 103 Å². The number of rotatable bonds is 1. The third-order valence-electron chi connectivity index (χ3n) is 3.74. The first-order valence-corrected chi connectivity index (χ1v) is 11.5. The fourth-order valence-corrected chi connectivity index (χ4v) is 6.60. The standard InChI is InChI=1S/C18H14S2.CHF3O3S/c1-2-8-14(9-3-1)20-17-12-6-4-10-15(17)19-16-11-5-7-13-18(16)20;2-1(3,4)8(5,6)7/h1-13,20H;(H,5,6,7). The largest absolute Gasteiger partial charge is 0.522 e. The van der Waals surface area contributed by atoms with Crippen LogP contribution in [0.25, 0.3) is 0 Å². The van der Waals surface area contributed by atoms with Gasteiger partial charge in [0.15, 0.2) is 0 Å². The molecule has 1 heterocycles. The third-order valence-corrected chi connectivity index (χ3v) is 8.34. The van der Waals surface area contributed by atoms with Crippen LogP contribution in [0.2, 0.25) is 0 Å². The second-order valence-corrected chi connectivity index (χ2v) is 10.3. The number of alkyl halides is 3. The highest BCUT2D eigenvalue weighted by atomic mass is 32.2. The van der Waals surface area contributed by atoms with Crippen molar-refractivity contribution >= 4 is 32.8 Å². The van der Waals surface area contributed by atoms with E-state index in [2.05, 4.69) is 78.9 Å². The Hall–Kier alpha value is -1.94. The zero-order valence-electron chi connectivity index (χ0n) is 14.2. The Kier molecular flexibility index (Phi) is 6.09. The summed E-state index contributed by atoms with van der Waals surface area (Å²) in [4.78, 5) is 7.21. The van der Waals surface area contributed by atoms with Crippen LogP contribution >= 0.6 is 22.7 Å². The van der Waals surface area contributed by atoms with E-state index in [9.17, 15) is 13.2 Å². The highest BCUT2D eigenvalue weighted by Gasteiger charge is 2.44. The molecule has 148 valence electrons. The smallest absolute Gasteiger partial charge is 0.279 e. The lowest BCUT2D eigenvalue weighted by Gasteiger charge is -2.31. The minimum atomic E-state index is -5.84. The quantitative estimate of drug-likeness (QED) is 0.214. The van der Waals surface area contributed by atoms with Crippen molar-refractivity contribution in [2.24, 2.45) is 0 Å². The summed E-state index contributed by atoms with van der Waals surface area (Å²) in [7, 11) is -6.26. The topological polar surface area (TPSA) is 54.4 Å². The number of benzene rings is 3. The van der Waals surface area contributed by atoms with Gasteiger partial charge in [-0.05, 0) is 41.3 Å². The summed E-state index contributed by atoms with van der Waals surface area (Å²) in [5.74, 6) is 0. The molecule has 0 saturated heterocycles. The van der Waals surface area contributed by atoms with Crippen LogP contribution in [0.5, 0.6) is 0 Å². The van der Waals surface area contributed by atoms with Crippen LogP contribution in [0, 0.1) is 0 Å². The molecule has 0 fully saturated rings. The molecule has 1 N–H and O–H groups in total. The molecule has 3 aromatic carbocycles. The zero-order valence-corrected chi connectivity index (χ0v) is 16.7. The number of halogens is 3.